The van der Waals surface area contributed by atoms with E-state index in [2.05, 4.69) is 11.9 Å². The number of hydrogen-bond acceptors (Lipinski definition) is 3. The zero-order valence-electron chi connectivity index (χ0n) is 17.6. The molecule has 7 heteroatoms. The fraction of sp³-hybridized carbons (Fsp3) is 0.0800. The second-order valence-electron chi connectivity index (χ2n) is 7.19. The molecule has 0 saturated carbocycles. The summed E-state index contributed by atoms with van der Waals surface area (Å²) in [5.41, 5.74) is 2.95. The summed E-state index contributed by atoms with van der Waals surface area (Å²) in [5, 5.41) is 11.7. The van der Waals surface area contributed by atoms with Crippen LogP contribution in [0.3, 0.4) is 0 Å². The Kier molecular flexibility index (Phi) is 6.49. The number of anilines is 1. The summed E-state index contributed by atoms with van der Waals surface area (Å²) in [5.74, 6) is -2.59. The number of rotatable bonds is 6. The topological polar surface area (TPSA) is 86.7 Å². The van der Waals surface area contributed by atoms with Crippen molar-refractivity contribution in [3.8, 4) is 11.1 Å². The van der Waals surface area contributed by atoms with Crippen LogP contribution in [-0.4, -0.2) is 34.8 Å². The number of aryl methyl sites for hydroxylation is 1. The number of likely N-dealkylation sites (N-methyl/N-ethyl adjacent to an activating group) is 1. The molecule has 3 aromatic rings. The molecule has 0 aliphatic carbocycles. The zero-order valence-corrected chi connectivity index (χ0v) is 17.6. The highest BCUT2D eigenvalue weighted by molar-refractivity contribution is 6.04. The first-order chi connectivity index (χ1) is 15.2. The van der Waals surface area contributed by atoms with Crippen LogP contribution in [0.15, 0.2) is 79.0 Å². The van der Waals surface area contributed by atoms with Gasteiger partial charge < -0.3 is 15.3 Å². The van der Waals surface area contributed by atoms with E-state index in [-0.39, 0.29) is 11.3 Å². The minimum absolute atomic E-state index is 0.230. The molecule has 3 rings (SSSR count). The molecule has 0 saturated heterocycles. The molecule has 0 bridgehead atoms. The van der Waals surface area contributed by atoms with E-state index in [1.807, 2.05) is 0 Å². The van der Waals surface area contributed by atoms with Gasteiger partial charge in [-0.25, -0.2) is 9.18 Å². The number of benzene rings is 3. The van der Waals surface area contributed by atoms with E-state index in [9.17, 15) is 18.8 Å². The lowest BCUT2D eigenvalue weighted by Crippen LogP contribution is -2.29. The molecule has 0 spiro atoms. The van der Waals surface area contributed by atoms with E-state index in [1.54, 1.807) is 67.6 Å². The predicted octanol–water partition coefficient (Wildman–Crippen LogP) is 4.72. The second kappa shape index (κ2) is 9.26. The molecule has 2 amide bonds. The van der Waals surface area contributed by atoms with Crippen LogP contribution in [0.5, 0.6) is 0 Å². The SMILES string of the molecule is C=C(C(=O)O)N(C)C(=O)c1ccc(-c2ccc(NC(=O)c3ccc(C)c(F)c3)cc2)cc1. The predicted molar refractivity (Wildman–Crippen MR) is 120 cm³/mol. The fourth-order valence-corrected chi connectivity index (χ4v) is 2.95. The highest BCUT2D eigenvalue weighted by atomic mass is 19.1. The largest absolute Gasteiger partial charge is 0.477 e. The summed E-state index contributed by atoms with van der Waals surface area (Å²) in [6, 6.07) is 18.1. The first kappa shape index (κ1) is 22.4. The lowest BCUT2D eigenvalue weighted by Gasteiger charge is -2.16. The van der Waals surface area contributed by atoms with E-state index in [1.165, 1.54) is 13.1 Å². The van der Waals surface area contributed by atoms with Crippen LogP contribution < -0.4 is 5.32 Å². The van der Waals surface area contributed by atoms with Crippen molar-refractivity contribution in [3.05, 3.63) is 102 Å². The number of carboxylic acids is 1. The Bertz CT molecular complexity index is 1200. The summed E-state index contributed by atoms with van der Waals surface area (Å²) in [4.78, 5) is 36.7. The third-order valence-electron chi connectivity index (χ3n) is 5.00. The van der Waals surface area contributed by atoms with Gasteiger partial charge in [0, 0.05) is 23.9 Å². The van der Waals surface area contributed by atoms with E-state index in [0.717, 1.165) is 16.0 Å². The van der Waals surface area contributed by atoms with E-state index in [4.69, 9.17) is 5.11 Å². The smallest absolute Gasteiger partial charge is 0.351 e. The van der Waals surface area contributed by atoms with Gasteiger partial charge in [-0.15, -0.1) is 0 Å². The maximum absolute atomic E-state index is 13.7. The maximum atomic E-state index is 13.7. The number of aliphatic carboxylic acids is 1. The normalized spacial score (nSPS) is 10.3. The van der Waals surface area contributed by atoms with Crippen molar-refractivity contribution < 1.29 is 23.9 Å². The van der Waals surface area contributed by atoms with E-state index in [0.29, 0.717) is 16.8 Å². The number of nitrogens with zero attached hydrogens (tertiary/aromatic N) is 1. The Balaban J connectivity index is 1.70. The molecule has 0 fully saturated rings. The Morgan fingerprint density at radius 3 is 1.97 bits per heavy atom. The molecule has 2 N–H and O–H groups in total. The lowest BCUT2D eigenvalue weighted by molar-refractivity contribution is -0.134. The van der Waals surface area contributed by atoms with Gasteiger partial charge >= 0.3 is 5.97 Å². The molecule has 0 radical (unpaired) electrons. The Morgan fingerprint density at radius 1 is 0.906 bits per heavy atom. The quantitative estimate of drug-likeness (QED) is 0.552. The van der Waals surface area contributed by atoms with Crippen LogP contribution in [-0.2, 0) is 4.79 Å². The monoisotopic (exact) mass is 432 g/mol. The van der Waals surface area contributed by atoms with Crippen molar-refractivity contribution in [2.75, 3.05) is 12.4 Å². The number of amides is 2. The standard InChI is InChI=1S/C25H21FN2O4/c1-15-4-5-20(14-22(15)26)23(29)27-21-12-10-18(11-13-21)17-6-8-19(9-7-17)24(30)28(3)16(2)25(31)32/h4-14H,2H2,1,3H3,(H,27,29)(H,31,32). The highest BCUT2D eigenvalue weighted by Gasteiger charge is 2.18. The Labute approximate surface area is 184 Å². The minimum atomic E-state index is -1.27. The zero-order chi connectivity index (χ0) is 23.4. The molecule has 0 atom stereocenters. The van der Waals surface area contributed by atoms with Gasteiger partial charge in [0.25, 0.3) is 11.8 Å². The van der Waals surface area contributed by atoms with Crippen molar-refractivity contribution in [1.82, 2.24) is 4.90 Å². The lowest BCUT2D eigenvalue weighted by atomic mass is 10.0. The number of carbonyl (C=O) groups is 3. The first-order valence-corrected chi connectivity index (χ1v) is 9.65. The van der Waals surface area contributed by atoms with Gasteiger partial charge in [0.05, 0.1) is 0 Å². The second-order valence-corrected chi connectivity index (χ2v) is 7.19. The summed E-state index contributed by atoms with van der Waals surface area (Å²) >= 11 is 0. The van der Waals surface area contributed by atoms with Crippen LogP contribution in [0.1, 0.15) is 26.3 Å². The van der Waals surface area contributed by atoms with E-state index >= 15 is 0 Å². The average molecular weight is 432 g/mol. The van der Waals surface area contributed by atoms with Crippen LogP contribution in [0, 0.1) is 12.7 Å². The molecule has 32 heavy (non-hydrogen) atoms. The summed E-state index contributed by atoms with van der Waals surface area (Å²) in [6.07, 6.45) is 0. The molecule has 0 unspecified atom stereocenters. The first-order valence-electron chi connectivity index (χ1n) is 9.65. The van der Waals surface area contributed by atoms with E-state index < -0.39 is 23.6 Å². The van der Waals surface area contributed by atoms with Crippen LogP contribution in [0.25, 0.3) is 11.1 Å². The number of nitrogens with one attached hydrogen (secondary N) is 1. The molecule has 6 nitrogen and oxygen atoms in total. The van der Waals surface area contributed by atoms with Crippen molar-refractivity contribution in [2.45, 2.75) is 6.92 Å². The fourth-order valence-electron chi connectivity index (χ4n) is 2.95. The van der Waals surface area contributed by atoms with Gasteiger partial charge in [-0.05, 0) is 60.0 Å². The van der Waals surface area contributed by atoms with Crippen LogP contribution >= 0.6 is 0 Å². The number of halogens is 1. The third-order valence-corrected chi connectivity index (χ3v) is 5.00. The Morgan fingerprint density at radius 2 is 1.44 bits per heavy atom. The van der Waals surface area contributed by atoms with Gasteiger partial charge in [0.2, 0.25) is 0 Å². The summed E-state index contributed by atoms with van der Waals surface area (Å²) in [6.45, 7) is 5.01. The van der Waals surface area contributed by atoms with Crippen molar-refractivity contribution in [2.24, 2.45) is 0 Å². The molecule has 0 aliphatic heterocycles. The van der Waals surface area contributed by atoms with Gasteiger partial charge in [0.1, 0.15) is 11.5 Å². The van der Waals surface area contributed by atoms with Crippen molar-refractivity contribution in [1.29, 1.82) is 0 Å². The number of carbonyl (C=O) groups excluding carboxylic acids is 2. The maximum Gasteiger partial charge on any atom is 0.351 e. The highest BCUT2D eigenvalue weighted by Crippen LogP contribution is 2.23. The molecule has 0 heterocycles. The molecule has 0 aromatic heterocycles. The minimum Gasteiger partial charge on any atom is -0.477 e. The summed E-state index contributed by atoms with van der Waals surface area (Å²) < 4.78 is 13.7. The third kappa shape index (κ3) is 4.89. The Hall–Kier alpha value is -4.26. The molecule has 0 aliphatic rings. The average Bonchev–Trinajstić information content (AvgIpc) is 2.80. The summed E-state index contributed by atoms with van der Waals surface area (Å²) in [7, 11) is 1.35. The number of carboxylic acid groups (broad SMARTS) is 1. The van der Waals surface area contributed by atoms with Gasteiger partial charge in [0.15, 0.2) is 0 Å². The molecular weight excluding hydrogens is 411 g/mol. The molecule has 3 aromatic carbocycles. The number of hydrogen-bond donors (Lipinski definition) is 2. The molecular formula is C25H21FN2O4. The van der Waals surface area contributed by atoms with Crippen LogP contribution in [0.4, 0.5) is 10.1 Å². The van der Waals surface area contributed by atoms with Crippen LogP contribution in [0.2, 0.25) is 0 Å². The van der Waals surface area contributed by atoms with Crippen molar-refractivity contribution in [3.63, 3.8) is 0 Å². The molecule has 162 valence electrons. The van der Waals surface area contributed by atoms with Gasteiger partial charge in [-0.2, -0.15) is 0 Å². The van der Waals surface area contributed by atoms with Gasteiger partial charge in [-0.3, -0.25) is 9.59 Å². The van der Waals surface area contributed by atoms with Crippen molar-refractivity contribution >= 4 is 23.5 Å². The van der Waals surface area contributed by atoms with Gasteiger partial charge in [-0.1, -0.05) is 36.9 Å².